The largest absolute Gasteiger partial charge is 0.489 e. The number of nitrogens with one attached hydrogen (secondary N) is 1. The molecule has 3 aliphatic rings. The summed E-state index contributed by atoms with van der Waals surface area (Å²) in [6, 6.07) is 12.4. The minimum atomic E-state index is -0.245. The number of nitrogens with zero attached hydrogens (tertiary/aromatic N) is 3. The van der Waals surface area contributed by atoms with Crippen LogP contribution in [0.5, 0.6) is 5.75 Å². The topological polar surface area (TPSA) is 74.8 Å². The van der Waals surface area contributed by atoms with Gasteiger partial charge in [0.1, 0.15) is 18.1 Å². The van der Waals surface area contributed by atoms with Crippen molar-refractivity contribution in [1.82, 2.24) is 9.88 Å². The summed E-state index contributed by atoms with van der Waals surface area (Å²) in [6.07, 6.45) is 3.77. The Balaban J connectivity index is 1.20. The Morgan fingerprint density at radius 3 is 2.91 bits per heavy atom. The van der Waals surface area contributed by atoms with Crippen LogP contribution in [-0.4, -0.2) is 47.9 Å². The molecule has 0 saturated carbocycles. The standard InChI is InChI=1S/C26H23FN4O3/c27-20-3-1-2-16(8-20)13-30-14-19(15-30)26(33)31-6-7-34-25-21(11-28-12-23(25)31)17-4-5-22-18(9-17)10-24(32)29-22/h1-5,8-9,11-12,19H,6-7,10,13-15H2,(H,29,32). The molecule has 1 N–H and O–H groups in total. The molecule has 0 unspecified atom stereocenters. The molecule has 0 aliphatic carbocycles. The van der Waals surface area contributed by atoms with E-state index in [2.05, 4.69) is 15.2 Å². The Hall–Kier alpha value is -3.78. The van der Waals surface area contributed by atoms with E-state index in [9.17, 15) is 14.0 Å². The summed E-state index contributed by atoms with van der Waals surface area (Å²) in [5, 5.41) is 2.85. The van der Waals surface area contributed by atoms with Gasteiger partial charge in [0.05, 0.1) is 25.1 Å². The monoisotopic (exact) mass is 458 g/mol. The van der Waals surface area contributed by atoms with Gasteiger partial charge in [-0.25, -0.2) is 4.39 Å². The molecule has 0 spiro atoms. The first-order valence-corrected chi connectivity index (χ1v) is 11.4. The van der Waals surface area contributed by atoms with Gasteiger partial charge in [-0.1, -0.05) is 18.2 Å². The van der Waals surface area contributed by atoms with Crippen molar-refractivity contribution in [3.05, 3.63) is 71.8 Å². The lowest BCUT2D eigenvalue weighted by Crippen LogP contribution is -2.55. The number of hydrogen-bond acceptors (Lipinski definition) is 5. The van der Waals surface area contributed by atoms with Crippen molar-refractivity contribution in [3.63, 3.8) is 0 Å². The molecule has 7 nitrogen and oxygen atoms in total. The van der Waals surface area contributed by atoms with Crippen LogP contribution in [-0.2, 0) is 22.6 Å². The third-order valence-electron chi connectivity index (χ3n) is 6.64. The number of benzene rings is 2. The Kier molecular flexibility index (Phi) is 5.03. The second-order valence-electron chi connectivity index (χ2n) is 8.99. The first-order chi connectivity index (χ1) is 16.5. The number of hydrogen-bond donors (Lipinski definition) is 1. The predicted octanol–water partition coefficient (Wildman–Crippen LogP) is 3.24. The van der Waals surface area contributed by atoms with Gasteiger partial charge >= 0.3 is 0 Å². The molecule has 34 heavy (non-hydrogen) atoms. The number of rotatable bonds is 4. The summed E-state index contributed by atoms with van der Waals surface area (Å²) in [5.74, 6) is 0.330. The Bertz CT molecular complexity index is 1300. The van der Waals surface area contributed by atoms with E-state index < -0.39 is 0 Å². The summed E-state index contributed by atoms with van der Waals surface area (Å²) in [5.41, 5.74) is 5.06. The van der Waals surface area contributed by atoms with Gasteiger partial charge in [0.15, 0.2) is 5.75 Å². The van der Waals surface area contributed by atoms with Gasteiger partial charge in [0.25, 0.3) is 0 Å². The van der Waals surface area contributed by atoms with E-state index in [1.54, 1.807) is 23.4 Å². The first kappa shape index (κ1) is 20.8. The van der Waals surface area contributed by atoms with E-state index in [0.29, 0.717) is 50.6 Å². The summed E-state index contributed by atoms with van der Waals surface area (Å²) >= 11 is 0. The van der Waals surface area contributed by atoms with Crippen LogP contribution in [0.4, 0.5) is 15.8 Å². The van der Waals surface area contributed by atoms with E-state index in [4.69, 9.17) is 4.74 Å². The zero-order valence-electron chi connectivity index (χ0n) is 18.5. The number of pyridine rings is 1. The maximum absolute atomic E-state index is 13.5. The fourth-order valence-corrected chi connectivity index (χ4v) is 4.94. The van der Waals surface area contributed by atoms with Crippen molar-refractivity contribution in [2.24, 2.45) is 5.92 Å². The second-order valence-corrected chi connectivity index (χ2v) is 8.99. The van der Waals surface area contributed by atoms with Crippen molar-refractivity contribution < 1.29 is 18.7 Å². The van der Waals surface area contributed by atoms with Crippen LogP contribution in [0.15, 0.2) is 54.9 Å². The van der Waals surface area contributed by atoms with Crippen LogP contribution in [0, 0.1) is 11.7 Å². The lowest BCUT2D eigenvalue weighted by Gasteiger charge is -2.41. The average Bonchev–Trinajstić information content (AvgIpc) is 3.19. The van der Waals surface area contributed by atoms with Gasteiger partial charge < -0.3 is 15.0 Å². The van der Waals surface area contributed by atoms with Crippen molar-refractivity contribution in [1.29, 1.82) is 0 Å². The summed E-state index contributed by atoms with van der Waals surface area (Å²) < 4.78 is 19.5. The van der Waals surface area contributed by atoms with Crippen LogP contribution in [0.3, 0.4) is 0 Å². The maximum Gasteiger partial charge on any atom is 0.232 e. The minimum absolute atomic E-state index is 0.0136. The highest BCUT2D eigenvalue weighted by molar-refractivity contribution is 6.01. The van der Waals surface area contributed by atoms with Crippen LogP contribution in [0.1, 0.15) is 11.1 Å². The summed E-state index contributed by atoms with van der Waals surface area (Å²) in [4.78, 5) is 33.4. The lowest BCUT2D eigenvalue weighted by atomic mass is 9.96. The highest BCUT2D eigenvalue weighted by Gasteiger charge is 2.38. The molecule has 1 aromatic heterocycles. The number of carbonyl (C=O) groups is 2. The van der Waals surface area contributed by atoms with E-state index in [0.717, 1.165) is 27.9 Å². The van der Waals surface area contributed by atoms with Gasteiger partial charge in [-0.3, -0.25) is 19.5 Å². The van der Waals surface area contributed by atoms with Gasteiger partial charge in [-0.05, 0) is 41.0 Å². The van der Waals surface area contributed by atoms with Crippen LogP contribution >= 0.6 is 0 Å². The third kappa shape index (κ3) is 3.70. The van der Waals surface area contributed by atoms with Gasteiger partial charge in [0, 0.05) is 37.1 Å². The Morgan fingerprint density at radius 2 is 2.06 bits per heavy atom. The Morgan fingerprint density at radius 1 is 1.18 bits per heavy atom. The summed E-state index contributed by atoms with van der Waals surface area (Å²) in [7, 11) is 0. The normalized spacial score (nSPS) is 17.4. The van der Waals surface area contributed by atoms with E-state index in [1.165, 1.54) is 12.1 Å². The quantitative estimate of drug-likeness (QED) is 0.650. The number of anilines is 2. The zero-order chi connectivity index (χ0) is 23.2. The SMILES string of the molecule is O=C1Cc2cc(-c3cncc4c3OCCN4C(=O)C3CN(Cc4cccc(F)c4)C3)ccc2N1. The molecule has 0 atom stereocenters. The lowest BCUT2D eigenvalue weighted by molar-refractivity contribution is -0.128. The molecule has 2 aromatic carbocycles. The van der Waals surface area contributed by atoms with Crippen LogP contribution < -0.4 is 15.0 Å². The molecular formula is C26H23FN4O3. The minimum Gasteiger partial charge on any atom is -0.489 e. The first-order valence-electron chi connectivity index (χ1n) is 11.4. The molecule has 6 rings (SSSR count). The maximum atomic E-state index is 13.5. The third-order valence-corrected chi connectivity index (χ3v) is 6.64. The number of carbonyl (C=O) groups excluding carboxylic acids is 2. The van der Waals surface area contributed by atoms with E-state index >= 15 is 0 Å². The van der Waals surface area contributed by atoms with Crippen molar-refractivity contribution in [3.8, 4) is 16.9 Å². The molecule has 0 radical (unpaired) electrons. The van der Waals surface area contributed by atoms with Gasteiger partial charge in [-0.2, -0.15) is 0 Å². The average molecular weight is 458 g/mol. The van der Waals surface area contributed by atoms with Crippen molar-refractivity contribution in [2.75, 3.05) is 36.5 Å². The van der Waals surface area contributed by atoms with Gasteiger partial charge in [-0.15, -0.1) is 0 Å². The van der Waals surface area contributed by atoms with Crippen LogP contribution in [0.2, 0.25) is 0 Å². The van der Waals surface area contributed by atoms with Gasteiger partial charge in [0.2, 0.25) is 11.8 Å². The molecule has 3 aliphatic heterocycles. The number of likely N-dealkylation sites (tertiary alicyclic amines) is 1. The highest BCUT2D eigenvalue weighted by Crippen LogP contribution is 2.42. The number of halogens is 1. The summed E-state index contributed by atoms with van der Waals surface area (Å²) in [6.45, 7) is 2.78. The molecule has 172 valence electrons. The van der Waals surface area contributed by atoms with E-state index in [-0.39, 0.29) is 23.5 Å². The molecule has 1 fully saturated rings. The molecule has 4 heterocycles. The molecular weight excluding hydrogens is 435 g/mol. The molecule has 0 bridgehead atoms. The predicted molar refractivity (Wildman–Crippen MR) is 125 cm³/mol. The van der Waals surface area contributed by atoms with E-state index in [1.807, 2.05) is 24.3 Å². The molecule has 8 heteroatoms. The highest BCUT2D eigenvalue weighted by atomic mass is 19.1. The van der Waals surface area contributed by atoms with Crippen molar-refractivity contribution in [2.45, 2.75) is 13.0 Å². The zero-order valence-corrected chi connectivity index (χ0v) is 18.5. The molecule has 3 aromatic rings. The van der Waals surface area contributed by atoms with Crippen LogP contribution in [0.25, 0.3) is 11.1 Å². The fourth-order valence-electron chi connectivity index (χ4n) is 4.94. The Labute approximate surface area is 196 Å². The number of amides is 2. The van der Waals surface area contributed by atoms with Crippen molar-refractivity contribution >= 4 is 23.2 Å². The second kappa shape index (κ2) is 8.22. The smallest absolute Gasteiger partial charge is 0.232 e. The molecule has 2 amide bonds. The molecule has 1 saturated heterocycles. The number of aromatic nitrogens is 1. The fraction of sp³-hybridized carbons (Fsp3) is 0.269. The number of fused-ring (bicyclic) bond motifs is 2. The number of ether oxygens (including phenoxy) is 1.